The molecule has 0 aliphatic heterocycles. The van der Waals surface area contributed by atoms with E-state index in [1.165, 1.54) is 24.3 Å². The molecule has 0 unspecified atom stereocenters. The maximum Gasteiger partial charge on any atom is 0.200 e. The second-order valence-corrected chi connectivity index (χ2v) is 4.05. The Labute approximate surface area is 110 Å². The molecule has 98 valence electrons. The second kappa shape index (κ2) is 5.05. The lowest BCUT2D eigenvalue weighted by atomic mass is 10.0. The van der Waals surface area contributed by atoms with E-state index in [0.29, 0.717) is 0 Å². The molecule has 0 aliphatic rings. The summed E-state index contributed by atoms with van der Waals surface area (Å²) in [5.74, 6) is -10.1. The second-order valence-electron chi connectivity index (χ2n) is 3.64. The van der Waals surface area contributed by atoms with Gasteiger partial charge in [0.05, 0.1) is 10.4 Å². The smallest absolute Gasteiger partial charge is 0.200 e. The van der Waals surface area contributed by atoms with E-state index in [1.807, 2.05) is 0 Å². The van der Waals surface area contributed by atoms with E-state index in [9.17, 15) is 22.0 Å². The fourth-order valence-corrected chi connectivity index (χ4v) is 1.85. The van der Waals surface area contributed by atoms with Gasteiger partial charge in [0, 0.05) is 0 Å². The molecule has 0 fully saturated rings. The lowest BCUT2D eigenvalue weighted by Gasteiger charge is -2.09. The highest BCUT2D eigenvalue weighted by Gasteiger charge is 2.28. The maximum atomic E-state index is 13.5. The van der Waals surface area contributed by atoms with Gasteiger partial charge in [-0.25, -0.2) is 22.0 Å². The van der Waals surface area contributed by atoms with Crippen LogP contribution in [-0.4, -0.2) is 4.86 Å². The van der Waals surface area contributed by atoms with Crippen molar-refractivity contribution in [1.29, 1.82) is 0 Å². The van der Waals surface area contributed by atoms with Crippen LogP contribution >= 0.6 is 12.2 Å². The van der Waals surface area contributed by atoms with Gasteiger partial charge in [-0.2, -0.15) is 0 Å². The van der Waals surface area contributed by atoms with Crippen LogP contribution in [0.4, 0.5) is 22.0 Å². The van der Waals surface area contributed by atoms with Gasteiger partial charge in [0.15, 0.2) is 23.3 Å². The van der Waals surface area contributed by atoms with Crippen molar-refractivity contribution in [3.05, 3.63) is 70.5 Å². The van der Waals surface area contributed by atoms with Crippen LogP contribution in [0, 0.1) is 29.1 Å². The van der Waals surface area contributed by atoms with Crippen LogP contribution in [0.2, 0.25) is 0 Å². The molecular formula is C13H5F5S. The van der Waals surface area contributed by atoms with Crippen molar-refractivity contribution >= 4 is 17.1 Å². The zero-order chi connectivity index (χ0) is 14.2. The molecule has 0 spiro atoms. The average Bonchev–Trinajstić information content (AvgIpc) is 2.44. The van der Waals surface area contributed by atoms with Gasteiger partial charge in [-0.3, -0.25) is 0 Å². The summed E-state index contributed by atoms with van der Waals surface area (Å²) in [6.45, 7) is 0. The lowest BCUT2D eigenvalue weighted by Crippen LogP contribution is -2.12. The molecule has 0 N–H and O–H groups in total. The summed E-state index contributed by atoms with van der Waals surface area (Å²) in [5.41, 5.74) is -0.890. The van der Waals surface area contributed by atoms with Crippen molar-refractivity contribution in [3.8, 4) is 0 Å². The predicted octanol–water partition coefficient (Wildman–Crippen LogP) is 4.15. The summed E-state index contributed by atoms with van der Waals surface area (Å²) in [6.07, 6.45) is 0. The van der Waals surface area contributed by atoms with Crippen molar-refractivity contribution in [1.82, 2.24) is 0 Å². The lowest BCUT2D eigenvalue weighted by molar-refractivity contribution is 0.377. The van der Waals surface area contributed by atoms with E-state index in [2.05, 4.69) is 0 Å². The third kappa shape index (κ3) is 2.23. The summed E-state index contributed by atoms with van der Waals surface area (Å²) in [7, 11) is 0. The standard InChI is InChI=1S/C13H5F5S/c14-8-7(9(15)11(17)12(18)10(8)16)13(19)6-4-2-1-3-5-6/h1-5H. The van der Waals surface area contributed by atoms with E-state index < -0.39 is 39.5 Å². The van der Waals surface area contributed by atoms with E-state index in [1.54, 1.807) is 6.07 Å². The third-order valence-corrected chi connectivity index (χ3v) is 2.91. The van der Waals surface area contributed by atoms with Gasteiger partial charge in [0.1, 0.15) is 0 Å². The fraction of sp³-hybridized carbons (Fsp3) is 0. The fourth-order valence-electron chi connectivity index (χ4n) is 1.54. The molecular weight excluding hydrogens is 283 g/mol. The zero-order valence-corrected chi connectivity index (χ0v) is 10.0. The molecule has 0 saturated carbocycles. The normalized spacial score (nSPS) is 10.6. The molecule has 2 aromatic carbocycles. The van der Waals surface area contributed by atoms with Crippen LogP contribution in [-0.2, 0) is 0 Å². The van der Waals surface area contributed by atoms with E-state index in [0.717, 1.165) is 0 Å². The van der Waals surface area contributed by atoms with Crippen LogP contribution in [0.25, 0.3) is 0 Å². The molecule has 0 radical (unpaired) electrons. The molecule has 0 bridgehead atoms. The Balaban J connectivity index is 2.67. The number of hydrogen-bond acceptors (Lipinski definition) is 1. The SMILES string of the molecule is Fc1c(F)c(F)c(C(=S)c2ccccc2)c(F)c1F. The highest BCUT2D eigenvalue weighted by molar-refractivity contribution is 7.81. The first kappa shape index (κ1) is 13.6. The van der Waals surface area contributed by atoms with Gasteiger partial charge in [0.25, 0.3) is 0 Å². The Morgan fingerprint density at radius 1 is 0.684 bits per heavy atom. The molecule has 0 atom stereocenters. The Bertz CT molecular complexity index is 623. The topological polar surface area (TPSA) is 0 Å². The first-order chi connectivity index (χ1) is 8.95. The van der Waals surface area contributed by atoms with Crippen molar-refractivity contribution in [3.63, 3.8) is 0 Å². The quantitative estimate of drug-likeness (QED) is 0.263. The van der Waals surface area contributed by atoms with Gasteiger partial charge < -0.3 is 0 Å². The summed E-state index contributed by atoms with van der Waals surface area (Å²) >= 11 is 4.79. The molecule has 2 rings (SSSR count). The number of benzene rings is 2. The van der Waals surface area contributed by atoms with Crippen molar-refractivity contribution in [2.75, 3.05) is 0 Å². The maximum absolute atomic E-state index is 13.5. The molecule has 0 saturated heterocycles. The highest BCUT2D eigenvalue weighted by atomic mass is 32.1. The van der Waals surface area contributed by atoms with Crippen molar-refractivity contribution in [2.45, 2.75) is 0 Å². The number of hydrogen-bond donors (Lipinski definition) is 0. The summed E-state index contributed by atoms with van der Waals surface area (Å²) in [5, 5.41) is 0. The number of thiocarbonyl (C=S) groups is 1. The zero-order valence-electron chi connectivity index (χ0n) is 9.18. The first-order valence-electron chi connectivity index (χ1n) is 5.06. The summed E-state index contributed by atoms with van der Waals surface area (Å²) < 4.78 is 66.1. The number of rotatable bonds is 2. The minimum atomic E-state index is -2.20. The Kier molecular flexibility index (Phi) is 3.61. The highest BCUT2D eigenvalue weighted by Crippen LogP contribution is 2.25. The molecule has 6 heteroatoms. The molecule has 2 aromatic rings. The third-order valence-electron chi connectivity index (χ3n) is 2.47. The first-order valence-corrected chi connectivity index (χ1v) is 5.47. The Morgan fingerprint density at radius 3 is 1.58 bits per heavy atom. The Hall–Kier alpha value is -1.82. The van der Waals surface area contributed by atoms with Gasteiger partial charge >= 0.3 is 0 Å². The van der Waals surface area contributed by atoms with E-state index >= 15 is 0 Å². The minimum Gasteiger partial charge on any atom is -0.203 e. The largest absolute Gasteiger partial charge is 0.203 e. The molecule has 0 amide bonds. The monoisotopic (exact) mass is 288 g/mol. The van der Waals surface area contributed by atoms with E-state index in [-0.39, 0.29) is 5.56 Å². The molecule has 0 aromatic heterocycles. The minimum absolute atomic E-state index is 0.195. The molecule has 19 heavy (non-hydrogen) atoms. The molecule has 0 aliphatic carbocycles. The van der Waals surface area contributed by atoms with Gasteiger partial charge in [-0.15, -0.1) is 0 Å². The van der Waals surface area contributed by atoms with Gasteiger partial charge in [0.2, 0.25) is 5.82 Å². The average molecular weight is 288 g/mol. The summed E-state index contributed by atoms with van der Waals surface area (Å²) in [4.78, 5) is -0.437. The predicted molar refractivity (Wildman–Crippen MR) is 63.5 cm³/mol. The van der Waals surface area contributed by atoms with Crippen LogP contribution in [0.1, 0.15) is 11.1 Å². The molecule has 0 nitrogen and oxygen atoms in total. The van der Waals surface area contributed by atoms with Crippen LogP contribution in [0.5, 0.6) is 0 Å². The van der Waals surface area contributed by atoms with Crippen molar-refractivity contribution < 1.29 is 22.0 Å². The number of halogens is 5. The van der Waals surface area contributed by atoms with Crippen LogP contribution in [0.3, 0.4) is 0 Å². The van der Waals surface area contributed by atoms with Crippen molar-refractivity contribution in [2.24, 2.45) is 0 Å². The van der Waals surface area contributed by atoms with Crippen LogP contribution < -0.4 is 0 Å². The van der Waals surface area contributed by atoms with Gasteiger partial charge in [-0.05, 0) is 5.56 Å². The van der Waals surface area contributed by atoms with Crippen LogP contribution in [0.15, 0.2) is 30.3 Å². The molecule has 0 heterocycles. The van der Waals surface area contributed by atoms with Gasteiger partial charge in [-0.1, -0.05) is 42.5 Å². The van der Waals surface area contributed by atoms with E-state index in [4.69, 9.17) is 12.2 Å². The summed E-state index contributed by atoms with van der Waals surface area (Å²) in [6, 6.07) is 7.53. The Morgan fingerprint density at radius 2 is 1.11 bits per heavy atom.